The summed E-state index contributed by atoms with van der Waals surface area (Å²) in [5.41, 5.74) is 1.24. The molecule has 0 aliphatic heterocycles. The molecule has 0 bridgehead atoms. The molecule has 0 unspecified atom stereocenters. The van der Waals surface area contributed by atoms with E-state index in [2.05, 4.69) is 4.74 Å². The molecule has 0 radical (unpaired) electrons. The van der Waals surface area contributed by atoms with E-state index in [-0.39, 0.29) is 23.6 Å². The van der Waals surface area contributed by atoms with Crippen LogP contribution in [-0.2, 0) is 16.0 Å². The van der Waals surface area contributed by atoms with Gasteiger partial charge in [-0.1, -0.05) is 42.5 Å². The van der Waals surface area contributed by atoms with Crippen molar-refractivity contribution in [3.63, 3.8) is 0 Å². The standard InChI is InChI=1S/C21H19NO5/c1-26-19(23)13-14-7-9-16(10-8-14)21(24)22(25)18-12-11-15-5-3-4-6-17(15)20(18)27-2/h3-12,25H,13H2,1-2H3. The molecule has 138 valence electrons. The van der Waals surface area contributed by atoms with Crippen molar-refractivity contribution < 1.29 is 24.3 Å². The molecular weight excluding hydrogens is 346 g/mol. The SMILES string of the molecule is COC(=O)Cc1ccc(C(=O)N(O)c2ccc3ccccc3c2OC)cc1. The first-order chi connectivity index (χ1) is 13.0. The van der Waals surface area contributed by atoms with Crippen molar-refractivity contribution >= 4 is 28.3 Å². The maximum absolute atomic E-state index is 12.7. The summed E-state index contributed by atoms with van der Waals surface area (Å²) >= 11 is 0. The normalized spacial score (nSPS) is 10.5. The van der Waals surface area contributed by atoms with E-state index < -0.39 is 5.91 Å². The number of ether oxygens (including phenoxy) is 2. The van der Waals surface area contributed by atoms with Crippen LogP contribution < -0.4 is 9.80 Å². The van der Waals surface area contributed by atoms with Crippen LogP contribution in [0.15, 0.2) is 60.7 Å². The van der Waals surface area contributed by atoms with Crippen LogP contribution in [0.4, 0.5) is 5.69 Å². The highest BCUT2D eigenvalue weighted by atomic mass is 16.5. The summed E-state index contributed by atoms with van der Waals surface area (Å²) in [7, 11) is 2.81. The van der Waals surface area contributed by atoms with Crippen molar-refractivity contribution in [2.75, 3.05) is 19.3 Å². The number of hydrogen-bond acceptors (Lipinski definition) is 5. The van der Waals surface area contributed by atoms with E-state index in [0.717, 1.165) is 10.8 Å². The van der Waals surface area contributed by atoms with Gasteiger partial charge in [-0.15, -0.1) is 0 Å². The topological polar surface area (TPSA) is 76.1 Å². The second-order valence-corrected chi connectivity index (χ2v) is 5.91. The summed E-state index contributed by atoms with van der Waals surface area (Å²) in [6, 6.07) is 17.4. The predicted octanol–water partition coefficient (Wildman–Crippen LogP) is 3.60. The van der Waals surface area contributed by atoms with Crippen LogP contribution in [-0.4, -0.2) is 31.3 Å². The lowest BCUT2D eigenvalue weighted by molar-refractivity contribution is -0.139. The molecule has 0 atom stereocenters. The van der Waals surface area contributed by atoms with Crippen molar-refractivity contribution in [2.45, 2.75) is 6.42 Å². The highest BCUT2D eigenvalue weighted by molar-refractivity contribution is 6.07. The highest BCUT2D eigenvalue weighted by Gasteiger charge is 2.21. The maximum atomic E-state index is 12.7. The Labute approximate surface area is 156 Å². The van der Waals surface area contributed by atoms with E-state index in [1.54, 1.807) is 30.3 Å². The van der Waals surface area contributed by atoms with E-state index >= 15 is 0 Å². The van der Waals surface area contributed by atoms with E-state index in [4.69, 9.17) is 4.74 Å². The van der Waals surface area contributed by atoms with Crippen molar-refractivity contribution in [1.82, 2.24) is 0 Å². The highest BCUT2D eigenvalue weighted by Crippen LogP contribution is 2.36. The molecule has 0 aromatic heterocycles. The third-order valence-electron chi connectivity index (χ3n) is 4.26. The number of fused-ring (bicyclic) bond motifs is 1. The number of anilines is 1. The first-order valence-corrected chi connectivity index (χ1v) is 8.30. The van der Waals surface area contributed by atoms with Gasteiger partial charge in [0.2, 0.25) is 0 Å². The molecule has 0 saturated heterocycles. The lowest BCUT2D eigenvalue weighted by Gasteiger charge is -2.19. The molecule has 27 heavy (non-hydrogen) atoms. The summed E-state index contributed by atoms with van der Waals surface area (Å²) in [6.45, 7) is 0. The number of amides is 1. The molecule has 3 rings (SSSR count). The van der Waals surface area contributed by atoms with Crippen LogP contribution in [0.1, 0.15) is 15.9 Å². The van der Waals surface area contributed by atoms with Crippen LogP contribution >= 0.6 is 0 Å². The average Bonchev–Trinajstić information content (AvgIpc) is 2.72. The van der Waals surface area contributed by atoms with Gasteiger partial charge in [0, 0.05) is 10.9 Å². The Morgan fingerprint density at radius 2 is 1.67 bits per heavy atom. The molecule has 3 aromatic rings. The quantitative estimate of drug-likeness (QED) is 0.425. The molecule has 0 aliphatic rings. The van der Waals surface area contributed by atoms with Crippen LogP contribution in [0.3, 0.4) is 0 Å². The number of methoxy groups -OCH3 is 2. The second-order valence-electron chi connectivity index (χ2n) is 5.91. The number of rotatable bonds is 5. The van der Waals surface area contributed by atoms with Gasteiger partial charge in [0.1, 0.15) is 5.69 Å². The molecule has 1 N–H and O–H groups in total. The zero-order valence-corrected chi connectivity index (χ0v) is 15.0. The monoisotopic (exact) mass is 365 g/mol. The van der Waals surface area contributed by atoms with Gasteiger partial charge >= 0.3 is 5.97 Å². The van der Waals surface area contributed by atoms with Gasteiger partial charge in [-0.05, 0) is 29.1 Å². The maximum Gasteiger partial charge on any atom is 0.309 e. The Kier molecular flexibility index (Phi) is 5.38. The number of carbonyl (C=O) groups excluding carboxylic acids is 2. The number of carbonyl (C=O) groups is 2. The molecule has 0 spiro atoms. The van der Waals surface area contributed by atoms with Gasteiger partial charge in [0.15, 0.2) is 5.75 Å². The minimum absolute atomic E-state index is 0.117. The van der Waals surface area contributed by atoms with E-state index in [0.29, 0.717) is 16.4 Å². The fraction of sp³-hybridized carbons (Fsp3) is 0.143. The average molecular weight is 365 g/mol. The third kappa shape index (κ3) is 3.75. The summed E-state index contributed by atoms with van der Waals surface area (Å²) in [4.78, 5) is 24.0. The van der Waals surface area contributed by atoms with Crippen molar-refractivity contribution in [1.29, 1.82) is 0 Å². The molecule has 6 nitrogen and oxygen atoms in total. The first-order valence-electron chi connectivity index (χ1n) is 8.30. The third-order valence-corrected chi connectivity index (χ3v) is 4.26. The minimum Gasteiger partial charge on any atom is -0.494 e. The summed E-state index contributed by atoms with van der Waals surface area (Å²) < 4.78 is 10.1. The predicted molar refractivity (Wildman–Crippen MR) is 101 cm³/mol. The van der Waals surface area contributed by atoms with Gasteiger partial charge in [-0.2, -0.15) is 5.06 Å². The van der Waals surface area contributed by atoms with Crippen molar-refractivity contribution in [2.24, 2.45) is 0 Å². The van der Waals surface area contributed by atoms with Gasteiger partial charge in [0.25, 0.3) is 5.91 Å². The van der Waals surface area contributed by atoms with Gasteiger partial charge < -0.3 is 9.47 Å². The Morgan fingerprint density at radius 3 is 2.33 bits per heavy atom. The van der Waals surface area contributed by atoms with Gasteiger partial charge in [-0.25, -0.2) is 0 Å². The number of esters is 1. The van der Waals surface area contributed by atoms with Crippen LogP contribution in [0.25, 0.3) is 10.8 Å². The van der Waals surface area contributed by atoms with Crippen molar-refractivity contribution in [3.05, 3.63) is 71.8 Å². The summed E-state index contributed by atoms with van der Waals surface area (Å²) in [5.74, 6) is -0.557. The number of hydroxylamine groups is 1. The smallest absolute Gasteiger partial charge is 0.309 e. The van der Waals surface area contributed by atoms with E-state index in [1.807, 2.05) is 30.3 Å². The van der Waals surface area contributed by atoms with Crippen LogP contribution in [0, 0.1) is 0 Å². The van der Waals surface area contributed by atoms with Crippen LogP contribution in [0.2, 0.25) is 0 Å². The Bertz CT molecular complexity index is 982. The van der Waals surface area contributed by atoms with Gasteiger partial charge in [-0.3, -0.25) is 14.8 Å². The van der Waals surface area contributed by atoms with E-state index in [1.165, 1.54) is 14.2 Å². The molecule has 0 heterocycles. The molecule has 3 aromatic carbocycles. The Balaban J connectivity index is 1.89. The molecular formula is C21H19NO5. The van der Waals surface area contributed by atoms with Crippen molar-refractivity contribution in [3.8, 4) is 5.75 Å². The fourth-order valence-corrected chi connectivity index (χ4v) is 2.85. The Hall–Kier alpha value is -3.38. The number of benzene rings is 3. The van der Waals surface area contributed by atoms with E-state index in [9.17, 15) is 14.8 Å². The van der Waals surface area contributed by atoms with Gasteiger partial charge in [0.05, 0.1) is 20.6 Å². The molecule has 0 fully saturated rings. The van der Waals surface area contributed by atoms with Crippen LogP contribution in [0.5, 0.6) is 5.75 Å². The minimum atomic E-state index is -0.604. The summed E-state index contributed by atoms with van der Waals surface area (Å²) in [5, 5.41) is 12.8. The molecule has 6 heteroatoms. The fourth-order valence-electron chi connectivity index (χ4n) is 2.85. The zero-order valence-electron chi connectivity index (χ0n) is 15.0. The largest absolute Gasteiger partial charge is 0.494 e. The molecule has 1 amide bonds. The summed E-state index contributed by atoms with van der Waals surface area (Å²) in [6.07, 6.45) is 0.117. The molecule has 0 aliphatic carbocycles. The lowest BCUT2D eigenvalue weighted by atomic mass is 10.1. The first kappa shape index (κ1) is 18.4. The number of nitrogens with zero attached hydrogens (tertiary/aromatic N) is 1. The zero-order chi connectivity index (χ0) is 19.4. The number of hydrogen-bond donors (Lipinski definition) is 1. The molecule has 0 saturated carbocycles. The lowest BCUT2D eigenvalue weighted by Crippen LogP contribution is -2.27. The second kappa shape index (κ2) is 7.88. The Morgan fingerprint density at radius 1 is 0.963 bits per heavy atom.